The van der Waals surface area contributed by atoms with Crippen molar-refractivity contribution in [2.24, 2.45) is 0 Å². The lowest BCUT2D eigenvalue weighted by molar-refractivity contribution is -0.0420. The molecule has 2 aromatic heterocycles. The molecule has 0 saturated heterocycles. The van der Waals surface area contributed by atoms with Gasteiger partial charge < -0.3 is 25.3 Å². The van der Waals surface area contributed by atoms with Gasteiger partial charge in [0.15, 0.2) is 6.29 Å². The van der Waals surface area contributed by atoms with Crippen LogP contribution in [0.1, 0.15) is 22.2 Å². The SMILES string of the molecule is O=C(O)c1cc(-c2nc3ccccc3[nH]2)c(C(O)O)cc1-c1nc2ccccc2[nH]1. The summed E-state index contributed by atoms with van der Waals surface area (Å²) in [5.74, 6) is -0.494. The summed E-state index contributed by atoms with van der Waals surface area (Å²) in [7, 11) is 0. The summed E-state index contributed by atoms with van der Waals surface area (Å²) in [4.78, 5) is 27.2. The molecule has 8 nitrogen and oxygen atoms in total. The zero-order valence-electron chi connectivity index (χ0n) is 15.5. The molecule has 30 heavy (non-hydrogen) atoms. The molecular weight excluding hydrogens is 384 g/mol. The van der Waals surface area contributed by atoms with Crippen LogP contribution in [0.2, 0.25) is 0 Å². The Labute approximate surface area is 169 Å². The average Bonchev–Trinajstić information content (AvgIpc) is 3.36. The quantitative estimate of drug-likeness (QED) is 0.293. The Hall–Kier alpha value is -4.01. The number of hydrogen-bond acceptors (Lipinski definition) is 5. The number of fused-ring (bicyclic) bond motifs is 2. The minimum atomic E-state index is -1.83. The van der Waals surface area contributed by atoms with Crippen molar-refractivity contribution in [3.63, 3.8) is 0 Å². The first-order valence-corrected chi connectivity index (χ1v) is 9.19. The van der Waals surface area contributed by atoms with Crippen molar-refractivity contribution in [2.45, 2.75) is 6.29 Å². The molecule has 3 aromatic carbocycles. The summed E-state index contributed by atoms with van der Waals surface area (Å²) in [5, 5.41) is 29.9. The molecule has 0 bridgehead atoms. The third kappa shape index (κ3) is 2.91. The highest BCUT2D eigenvalue weighted by molar-refractivity contribution is 5.98. The van der Waals surface area contributed by atoms with E-state index in [4.69, 9.17) is 0 Å². The molecule has 0 saturated carbocycles. The van der Waals surface area contributed by atoms with Gasteiger partial charge in [-0.2, -0.15) is 0 Å². The van der Waals surface area contributed by atoms with Crippen LogP contribution >= 0.6 is 0 Å². The first-order chi connectivity index (χ1) is 14.5. The van der Waals surface area contributed by atoms with E-state index < -0.39 is 12.3 Å². The largest absolute Gasteiger partial charge is 0.478 e. The van der Waals surface area contributed by atoms with E-state index in [2.05, 4.69) is 19.9 Å². The predicted molar refractivity (Wildman–Crippen MR) is 111 cm³/mol. The van der Waals surface area contributed by atoms with Crippen LogP contribution in [0.15, 0.2) is 60.7 Å². The highest BCUT2D eigenvalue weighted by Crippen LogP contribution is 2.34. The van der Waals surface area contributed by atoms with Crippen LogP contribution in [0.25, 0.3) is 44.8 Å². The highest BCUT2D eigenvalue weighted by Gasteiger charge is 2.23. The van der Waals surface area contributed by atoms with E-state index >= 15 is 0 Å². The van der Waals surface area contributed by atoms with E-state index in [-0.39, 0.29) is 16.7 Å². The first-order valence-electron chi connectivity index (χ1n) is 9.19. The van der Waals surface area contributed by atoms with Crippen molar-refractivity contribution >= 4 is 28.0 Å². The number of aromatic nitrogens is 4. The molecule has 0 aliphatic rings. The normalized spacial score (nSPS) is 11.6. The molecule has 0 spiro atoms. The van der Waals surface area contributed by atoms with Gasteiger partial charge >= 0.3 is 5.97 Å². The second-order valence-corrected chi connectivity index (χ2v) is 6.87. The summed E-state index contributed by atoms with van der Waals surface area (Å²) in [5.41, 5.74) is 3.49. The molecule has 5 N–H and O–H groups in total. The maximum Gasteiger partial charge on any atom is 0.336 e. The number of carboxylic acids is 1. The van der Waals surface area contributed by atoms with Crippen molar-refractivity contribution in [3.8, 4) is 22.8 Å². The lowest BCUT2D eigenvalue weighted by Gasteiger charge is -2.14. The van der Waals surface area contributed by atoms with Gasteiger partial charge in [-0.25, -0.2) is 14.8 Å². The van der Waals surface area contributed by atoms with E-state index in [0.717, 1.165) is 11.0 Å². The van der Waals surface area contributed by atoms with Crippen LogP contribution < -0.4 is 0 Å². The summed E-state index contributed by atoms with van der Waals surface area (Å²) in [6.07, 6.45) is -1.83. The number of aliphatic hydroxyl groups excluding tert-OH is 1. The topological polar surface area (TPSA) is 135 Å². The molecule has 0 aliphatic heterocycles. The number of para-hydroxylation sites is 4. The number of aliphatic hydroxyl groups is 2. The molecule has 0 fully saturated rings. The molecule has 148 valence electrons. The van der Waals surface area contributed by atoms with Crippen molar-refractivity contribution in [1.82, 2.24) is 19.9 Å². The molecule has 8 heteroatoms. The summed E-state index contributed by atoms with van der Waals surface area (Å²) >= 11 is 0. The second kappa shape index (κ2) is 6.80. The zero-order chi connectivity index (χ0) is 20.8. The monoisotopic (exact) mass is 400 g/mol. The summed E-state index contributed by atoms with van der Waals surface area (Å²) < 4.78 is 0. The standard InChI is InChI=1S/C22H16N4O4/c27-21(28)13-10-12(20-25-17-7-3-4-8-18(17)26-20)14(22(29)30)9-11(13)19-23-15-5-1-2-6-16(15)24-19/h1-10,21,27-28H,(H,23,24)(H,25,26)(H,29,30). The van der Waals surface area contributed by atoms with E-state index in [1.54, 1.807) is 6.07 Å². The smallest absolute Gasteiger partial charge is 0.336 e. The third-order valence-corrected chi connectivity index (χ3v) is 4.99. The maximum absolute atomic E-state index is 12.0. The van der Waals surface area contributed by atoms with Crippen LogP contribution in [0, 0.1) is 0 Å². The number of aromatic amines is 2. The van der Waals surface area contributed by atoms with E-state index in [1.807, 2.05) is 42.5 Å². The lowest BCUT2D eigenvalue weighted by atomic mass is 9.96. The van der Waals surface area contributed by atoms with Gasteiger partial charge in [0.05, 0.1) is 27.6 Å². The fraction of sp³-hybridized carbons (Fsp3) is 0.0455. The van der Waals surface area contributed by atoms with E-state index in [1.165, 1.54) is 12.1 Å². The van der Waals surface area contributed by atoms with E-state index in [9.17, 15) is 20.1 Å². The zero-order valence-corrected chi connectivity index (χ0v) is 15.5. The number of carbonyl (C=O) groups is 1. The van der Waals surface area contributed by atoms with Crippen molar-refractivity contribution in [2.75, 3.05) is 0 Å². The van der Waals surface area contributed by atoms with Gasteiger partial charge in [0.2, 0.25) is 0 Å². The van der Waals surface area contributed by atoms with Gasteiger partial charge in [0, 0.05) is 16.7 Å². The first kappa shape index (κ1) is 18.0. The Morgan fingerprint density at radius 3 is 1.83 bits per heavy atom. The van der Waals surface area contributed by atoms with E-state index in [0.29, 0.717) is 28.2 Å². The molecule has 0 aliphatic carbocycles. The number of rotatable bonds is 4. The number of carboxylic acid groups (broad SMARTS) is 1. The number of hydrogen-bond donors (Lipinski definition) is 5. The molecule has 0 amide bonds. The Morgan fingerprint density at radius 2 is 1.33 bits per heavy atom. The highest BCUT2D eigenvalue weighted by atomic mass is 16.5. The fourth-order valence-electron chi connectivity index (χ4n) is 3.57. The Balaban J connectivity index is 1.76. The number of H-pyrrole nitrogens is 2. The molecule has 0 unspecified atom stereocenters. The number of nitrogens with one attached hydrogen (secondary N) is 2. The lowest BCUT2D eigenvalue weighted by Crippen LogP contribution is -2.06. The van der Waals surface area contributed by atoms with Gasteiger partial charge in [-0.15, -0.1) is 0 Å². The Kier molecular flexibility index (Phi) is 4.09. The Bertz CT molecular complexity index is 1350. The average molecular weight is 400 g/mol. The predicted octanol–water partition coefficient (Wildman–Crippen LogP) is 3.45. The van der Waals surface area contributed by atoms with Crippen molar-refractivity contribution in [3.05, 3.63) is 71.8 Å². The summed E-state index contributed by atoms with van der Waals surface area (Å²) in [6.45, 7) is 0. The van der Waals surface area contributed by atoms with Crippen LogP contribution in [0.5, 0.6) is 0 Å². The molecule has 5 aromatic rings. The molecular formula is C22H16N4O4. The van der Waals surface area contributed by atoms with Crippen molar-refractivity contribution < 1.29 is 20.1 Å². The van der Waals surface area contributed by atoms with Crippen LogP contribution in [0.3, 0.4) is 0 Å². The molecule has 0 radical (unpaired) electrons. The molecule has 0 atom stereocenters. The van der Waals surface area contributed by atoms with Crippen LogP contribution in [0.4, 0.5) is 0 Å². The fourth-order valence-corrected chi connectivity index (χ4v) is 3.57. The van der Waals surface area contributed by atoms with Gasteiger partial charge in [-0.05, 0) is 36.4 Å². The number of benzene rings is 3. The van der Waals surface area contributed by atoms with Crippen molar-refractivity contribution in [1.29, 1.82) is 0 Å². The molecule has 5 rings (SSSR count). The number of aromatic carboxylic acids is 1. The minimum absolute atomic E-state index is 0.0334. The number of nitrogens with zero attached hydrogens (tertiary/aromatic N) is 2. The summed E-state index contributed by atoms with van der Waals surface area (Å²) in [6, 6.07) is 17.5. The van der Waals surface area contributed by atoms with Crippen LogP contribution in [-0.2, 0) is 0 Å². The Morgan fingerprint density at radius 1 is 0.800 bits per heavy atom. The van der Waals surface area contributed by atoms with Gasteiger partial charge in [0.1, 0.15) is 11.6 Å². The molecule has 2 heterocycles. The van der Waals surface area contributed by atoms with Gasteiger partial charge in [-0.3, -0.25) is 0 Å². The maximum atomic E-state index is 12.0. The van der Waals surface area contributed by atoms with Gasteiger partial charge in [0.25, 0.3) is 0 Å². The third-order valence-electron chi connectivity index (χ3n) is 4.99. The number of imidazole rings is 2. The van der Waals surface area contributed by atoms with Gasteiger partial charge in [-0.1, -0.05) is 24.3 Å². The van der Waals surface area contributed by atoms with Crippen LogP contribution in [-0.4, -0.2) is 41.2 Å². The minimum Gasteiger partial charge on any atom is -0.478 e. The second-order valence-electron chi connectivity index (χ2n) is 6.87.